The van der Waals surface area contributed by atoms with Crippen molar-refractivity contribution in [2.45, 2.75) is 23.2 Å². The van der Waals surface area contributed by atoms with Gasteiger partial charge in [-0.05, 0) is 5.56 Å². The number of hydrogen-bond donors (Lipinski definition) is 0. The van der Waals surface area contributed by atoms with E-state index in [1.54, 1.807) is 11.8 Å². The lowest BCUT2D eigenvalue weighted by Gasteiger charge is -2.06. The number of thioether (sulfide) groups is 1. The molecule has 0 amide bonds. The fraction of sp³-hybridized carbons (Fsp3) is 0.357. The van der Waals surface area contributed by atoms with E-state index in [-0.39, 0.29) is 11.2 Å². The Morgan fingerprint density at radius 2 is 2.15 bits per heavy atom. The average Bonchev–Trinajstić information content (AvgIpc) is 3.01. The quantitative estimate of drug-likeness (QED) is 0.804. The Kier molecular flexibility index (Phi) is 3.73. The molecule has 0 spiro atoms. The molecule has 0 bridgehead atoms. The first-order valence-electron chi connectivity index (χ1n) is 6.47. The number of nitrogens with zero attached hydrogens (tertiary/aromatic N) is 3. The minimum absolute atomic E-state index is 0.130. The van der Waals surface area contributed by atoms with Crippen molar-refractivity contribution in [1.82, 2.24) is 14.8 Å². The summed E-state index contributed by atoms with van der Waals surface area (Å²) in [6.07, 6.45) is 1.20. The van der Waals surface area contributed by atoms with Crippen LogP contribution in [-0.2, 0) is 23.0 Å². The molecule has 6 heteroatoms. The van der Waals surface area contributed by atoms with Crippen molar-refractivity contribution < 1.29 is 9.53 Å². The number of benzene rings is 1. The second-order valence-corrected chi connectivity index (χ2v) is 6.01. The van der Waals surface area contributed by atoms with Crippen LogP contribution in [0.5, 0.6) is 0 Å². The smallest absolute Gasteiger partial charge is 0.307 e. The van der Waals surface area contributed by atoms with Crippen molar-refractivity contribution in [3.05, 3.63) is 41.7 Å². The molecule has 1 aliphatic rings. The molecule has 5 nitrogen and oxygen atoms in total. The number of rotatable bonds is 4. The maximum Gasteiger partial charge on any atom is 0.307 e. The second kappa shape index (κ2) is 5.66. The summed E-state index contributed by atoms with van der Waals surface area (Å²) >= 11 is 1.56. The minimum Gasteiger partial charge on any atom is -0.464 e. The van der Waals surface area contributed by atoms with Crippen molar-refractivity contribution in [3.63, 3.8) is 0 Å². The zero-order chi connectivity index (χ0) is 13.9. The number of cyclic esters (lactones) is 1. The van der Waals surface area contributed by atoms with Crippen molar-refractivity contribution in [3.8, 4) is 0 Å². The summed E-state index contributed by atoms with van der Waals surface area (Å²) in [7, 11) is 1.96. The number of ether oxygens (including phenoxy) is 1. The highest BCUT2D eigenvalue weighted by atomic mass is 32.2. The number of carbonyl (C=O) groups is 1. The van der Waals surface area contributed by atoms with Gasteiger partial charge < -0.3 is 9.30 Å². The lowest BCUT2D eigenvalue weighted by Crippen LogP contribution is -2.05. The molecule has 104 valence electrons. The van der Waals surface area contributed by atoms with Crippen LogP contribution in [0.3, 0.4) is 0 Å². The van der Waals surface area contributed by atoms with E-state index >= 15 is 0 Å². The predicted octanol–water partition coefficient (Wildman–Crippen LogP) is 1.81. The van der Waals surface area contributed by atoms with E-state index in [0.717, 1.165) is 17.4 Å². The van der Waals surface area contributed by atoms with E-state index in [9.17, 15) is 4.79 Å². The molecule has 0 saturated carbocycles. The standard InChI is InChI=1S/C14H15N3O2S/c1-17-12(7-10-5-3-2-4-6-10)15-16-14(17)20-11-8-13(18)19-9-11/h2-6,11H,7-9H2,1H3/t11-/m0/s1. The fourth-order valence-corrected chi connectivity index (χ4v) is 3.10. The minimum atomic E-state index is -0.130. The van der Waals surface area contributed by atoms with Gasteiger partial charge in [0.2, 0.25) is 0 Å². The zero-order valence-electron chi connectivity index (χ0n) is 11.2. The molecule has 0 N–H and O–H groups in total. The topological polar surface area (TPSA) is 57.0 Å². The summed E-state index contributed by atoms with van der Waals surface area (Å²) < 4.78 is 6.95. The van der Waals surface area contributed by atoms with Crippen LogP contribution in [0.1, 0.15) is 17.8 Å². The number of esters is 1. The summed E-state index contributed by atoms with van der Waals surface area (Å²) in [6.45, 7) is 0.463. The second-order valence-electron chi connectivity index (χ2n) is 4.75. The largest absolute Gasteiger partial charge is 0.464 e. The van der Waals surface area contributed by atoms with Crippen molar-refractivity contribution >= 4 is 17.7 Å². The Balaban J connectivity index is 1.70. The van der Waals surface area contributed by atoms with Crippen LogP contribution >= 0.6 is 11.8 Å². The molecule has 3 rings (SSSR count). The predicted molar refractivity (Wildman–Crippen MR) is 75.5 cm³/mol. The van der Waals surface area contributed by atoms with Crippen molar-refractivity contribution in [1.29, 1.82) is 0 Å². The third-order valence-electron chi connectivity index (χ3n) is 3.23. The lowest BCUT2D eigenvalue weighted by atomic mass is 10.1. The summed E-state index contributed by atoms with van der Waals surface area (Å²) in [5.41, 5.74) is 1.21. The molecule has 0 radical (unpaired) electrons. The molecule has 0 unspecified atom stereocenters. The van der Waals surface area contributed by atoms with Gasteiger partial charge in [-0.3, -0.25) is 4.79 Å². The Labute approximate surface area is 121 Å². The summed E-state index contributed by atoms with van der Waals surface area (Å²) in [5.74, 6) is 0.790. The van der Waals surface area contributed by atoms with E-state index in [0.29, 0.717) is 13.0 Å². The maximum atomic E-state index is 11.1. The van der Waals surface area contributed by atoms with E-state index in [4.69, 9.17) is 4.74 Å². The van der Waals surface area contributed by atoms with E-state index in [1.165, 1.54) is 5.56 Å². The number of aromatic nitrogens is 3. The molecule has 0 aliphatic carbocycles. The average molecular weight is 289 g/mol. The molecule has 20 heavy (non-hydrogen) atoms. The SMILES string of the molecule is Cn1c(Cc2ccccc2)nnc1S[C@@H]1COC(=O)C1. The molecule has 1 atom stereocenters. The van der Waals surface area contributed by atoms with E-state index < -0.39 is 0 Å². The van der Waals surface area contributed by atoms with Crippen molar-refractivity contribution in [2.24, 2.45) is 7.05 Å². The van der Waals surface area contributed by atoms with Gasteiger partial charge in [-0.2, -0.15) is 0 Å². The molecular weight excluding hydrogens is 274 g/mol. The van der Waals surface area contributed by atoms with Crippen LogP contribution in [0, 0.1) is 0 Å². The fourth-order valence-electron chi connectivity index (χ4n) is 2.09. The van der Waals surface area contributed by atoms with Gasteiger partial charge in [0.25, 0.3) is 0 Å². The van der Waals surface area contributed by atoms with Crippen LogP contribution in [0.15, 0.2) is 35.5 Å². The Hall–Kier alpha value is -1.82. The highest BCUT2D eigenvalue weighted by molar-refractivity contribution is 7.99. The summed E-state index contributed by atoms with van der Waals surface area (Å²) in [6, 6.07) is 10.2. The molecule has 2 heterocycles. The van der Waals surface area contributed by atoms with Gasteiger partial charge in [0.15, 0.2) is 5.16 Å². The Bertz CT molecular complexity index is 612. The number of carbonyl (C=O) groups excluding carboxylic acids is 1. The van der Waals surface area contributed by atoms with Gasteiger partial charge in [0, 0.05) is 13.5 Å². The Morgan fingerprint density at radius 1 is 1.35 bits per heavy atom. The normalized spacial score (nSPS) is 18.2. The molecule has 1 saturated heterocycles. The third-order valence-corrected chi connectivity index (χ3v) is 4.43. The summed E-state index contributed by atoms with van der Waals surface area (Å²) in [4.78, 5) is 11.1. The Morgan fingerprint density at radius 3 is 2.85 bits per heavy atom. The number of hydrogen-bond acceptors (Lipinski definition) is 5. The molecule has 1 fully saturated rings. The lowest BCUT2D eigenvalue weighted by molar-refractivity contribution is -0.137. The highest BCUT2D eigenvalue weighted by Gasteiger charge is 2.26. The molecule has 1 aromatic carbocycles. The van der Waals surface area contributed by atoms with Crippen LogP contribution < -0.4 is 0 Å². The molecule has 1 aromatic heterocycles. The van der Waals surface area contributed by atoms with Gasteiger partial charge in [-0.25, -0.2) is 0 Å². The monoisotopic (exact) mass is 289 g/mol. The van der Waals surface area contributed by atoms with Gasteiger partial charge in [0.05, 0.1) is 11.7 Å². The summed E-state index contributed by atoms with van der Waals surface area (Å²) in [5, 5.41) is 9.43. The first-order valence-corrected chi connectivity index (χ1v) is 7.35. The van der Waals surface area contributed by atoms with Gasteiger partial charge >= 0.3 is 5.97 Å². The first-order chi connectivity index (χ1) is 9.72. The van der Waals surface area contributed by atoms with E-state index in [2.05, 4.69) is 22.3 Å². The van der Waals surface area contributed by atoms with Crippen LogP contribution in [0.4, 0.5) is 0 Å². The van der Waals surface area contributed by atoms with Crippen LogP contribution in [0.25, 0.3) is 0 Å². The first kappa shape index (κ1) is 13.2. The van der Waals surface area contributed by atoms with Crippen LogP contribution in [0.2, 0.25) is 0 Å². The molecule has 2 aromatic rings. The highest BCUT2D eigenvalue weighted by Crippen LogP contribution is 2.28. The molecule has 1 aliphatic heterocycles. The maximum absolute atomic E-state index is 11.1. The van der Waals surface area contributed by atoms with Gasteiger partial charge in [-0.15, -0.1) is 10.2 Å². The van der Waals surface area contributed by atoms with Crippen LogP contribution in [-0.4, -0.2) is 32.6 Å². The van der Waals surface area contributed by atoms with Crippen molar-refractivity contribution in [2.75, 3.05) is 6.61 Å². The van der Waals surface area contributed by atoms with E-state index in [1.807, 2.05) is 29.8 Å². The van der Waals surface area contributed by atoms with Gasteiger partial charge in [0.1, 0.15) is 12.4 Å². The zero-order valence-corrected chi connectivity index (χ0v) is 12.0. The third kappa shape index (κ3) is 2.85. The molecular formula is C14H15N3O2S. The van der Waals surface area contributed by atoms with Gasteiger partial charge in [-0.1, -0.05) is 42.1 Å².